The van der Waals surface area contributed by atoms with Gasteiger partial charge in [0.2, 0.25) is 5.91 Å². The van der Waals surface area contributed by atoms with Crippen molar-refractivity contribution in [2.24, 2.45) is 0 Å². The molecule has 0 aromatic heterocycles. The summed E-state index contributed by atoms with van der Waals surface area (Å²) in [6.45, 7) is 4.22. The third-order valence-corrected chi connectivity index (χ3v) is 4.28. The summed E-state index contributed by atoms with van der Waals surface area (Å²) in [6.07, 6.45) is 2.01. The number of anilines is 2. The number of hydrogen-bond acceptors (Lipinski definition) is 4. The van der Waals surface area contributed by atoms with E-state index in [-0.39, 0.29) is 16.9 Å². The average molecular weight is 400 g/mol. The van der Waals surface area contributed by atoms with Gasteiger partial charge in [0.25, 0.3) is 5.91 Å². The number of carbonyl (C=O) groups is 2. The van der Waals surface area contributed by atoms with Gasteiger partial charge in [-0.25, -0.2) is 0 Å². The fraction of sp³-hybridized carbons (Fsp3) is 0.286. The van der Waals surface area contributed by atoms with E-state index in [2.05, 4.69) is 17.6 Å². The van der Waals surface area contributed by atoms with Crippen LogP contribution in [0.25, 0.3) is 0 Å². The smallest absolute Gasteiger partial charge is 0.257 e. The van der Waals surface area contributed by atoms with E-state index in [0.717, 1.165) is 18.5 Å². The number of ether oxygens (including phenoxy) is 1. The van der Waals surface area contributed by atoms with E-state index >= 15 is 0 Å². The van der Waals surface area contributed by atoms with Crippen LogP contribution >= 0.6 is 12.2 Å². The van der Waals surface area contributed by atoms with Crippen LogP contribution in [0.3, 0.4) is 0 Å². The lowest BCUT2D eigenvalue weighted by Crippen LogP contribution is -2.34. The number of nitrogens with zero attached hydrogens (tertiary/aromatic N) is 1. The van der Waals surface area contributed by atoms with E-state index < -0.39 is 0 Å². The summed E-state index contributed by atoms with van der Waals surface area (Å²) in [6, 6.07) is 14.2. The Bertz CT molecular complexity index is 837. The molecule has 0 saturated heterocycles. The molecule has 7 heteroatoms. The summed E-state index contributed by atoms with van der Waals surface area (Å²) >= 11 is 5.22. The third-order valence-electron chi connectivity index (χ3n) is 4.07. The molecule has 2 rings (SSSR count). The van der Waals surface area contributed by atoms with Gasteiger partial charge >= 0.3 is 0 Å². The first kappa shape index (κ1) is 21.4. The van der Waals surface area contributed by atoms with Crippen molar-refractivity contribution in [3.05, 3.63) is 54.1 Å². The molecule has 0 heterocycles. The maximum absolute atomic E-state index is 12.4. The molecule has 0 fully saturated rings. The zero-order valence-electron chi connectivity index (χ0n) is 16.3. The Kier molecular flexibility index (Phi) is 7.95. The van der Waals surface area contributed by atoms with Gasteiger partial charge in [0.15, 0.2) is 5.11 Å². The molecule has 0 spiro atoms. The Morgan fingerprint density at radius 2 is 1.86 bits per heavy atom. The van der Waals surface area contributed by atoms with Crippen molar-refractivity contribution >= 4 is 40.5 Å². The van der Waals surface area contributed by atoms with E-state index in [1.165, 1.54) is 6.92 Å². The Morgan fingerprint density at radius 3 is 2.50 bits per heavy atom. The highest BCUT2D eigenvalue weighted by Gasteiger charge is 2.10. The molecule has 0 bridgehead atoms. The van der Waals surface area contributed by atoms with E-state index in [0.29, 0.717) is 23.6 Å². The molecule has 0 radical (unpaired) electrons. The molecular weight excluding hydrogens is 374 g/mol. The largest absolute Gasteiger partial charge is 0.494 e. The molecule has 0 atom stereocenters. The van der Waals surface area contributed by atoms with Gasteiger partial charge in [0, 0.05) is 30.9 Å². The first-order chi connectivity index (χ1) is 13.4. The Hall–Kier alpha value is -2.93. The van der Waals surface area contributed by atoms with Crippen LogP contribution in [0.15, 0.2) is 48.5 Å². The number of carbonyl (C=O) groups excluding carboxylic acids is 2. The second-order valence-corrected chi connectivity index (χ2v) is 6.67. The lowest BCUT2D eigenvalue weighted by atomic mass is 10.2. The lowest BCUT2D eigenvalue weighted by Gasteiger charge is -2.16. The van der Waals surface area contributed by atoms with Gasteiger partial charge in [0.05, 0.1) is 6.61 Å². The summed E-state index contributed by atoms with van der Waals surface area (Å²) in [7, 11) is 1.70. The highest BCUT2D eigenvalue weighted by Crippen LogP contribution is 2.17. The van der Waals surface area contributed by atoms with E-state index in [4.69, 9.17) is 17.0 Å². The molecule has 28 heavy (non-hydrogen) atoms. The molecule has 2 aromatic rings. The van der Waals surface area contributed by atoms with E-state index in [1.807, 2.05) is 6.07 Å². The summed E-state index contributed by atoms with van der Waals surface area (Å²) in [5.41, 5.74) is 1.95. The molecule has 0 aliphatic heterocycles. The van der Waals surface area contributed by atoms with Gasteiger partial charge in [-0.05, 0) is 61.1 Å². The normalized spacial score (nSPS) is 10.1. The van der Waals surface area contributed by atoms with Crippen LogP contribution in [0.2, 0.25) is 0 Å². The minimum Gasteiger partial charge on any atom is -0.494 e. The topological polar surface area (TPSA) is 70.7 Å². The molecule has 2 N–H and O–H groups in total. The minimum atomic E-state index is -0.314. The van der Waals surface area contributed by atoms with Crippen LogP contribution < -0.4 is 20.3 Å². The first-order valence-corrected chi connectivity index (χ1v) is 9.51. The lowest BCUT2D eigenvalue weighted by molar-refractivity contribution is -0.116. The van der Waals surface area contributed by atoms with E-state index in [9.17, 15) is 9.59 Å². The molecule has 148 valence electrons. The molecule has 6 nitrogen and oxygen atoms in total. The maximum Gasteiger partial charge on any atom is 0.257 e. The second-order valence-electron chi connectivity index (χ2n) is 6.26. The molecular formula is C21H25N3O3S. The molecule has 0 unspecified atom stereocenters. The van der Waals surface area contributed by atoms with Crippen molar-refractivity contribution in [2.75, 3.05) is 23.9 Å². The average Bonchev–Trinajstić information content (AvgIpc) is 2.68. The molecule has 2 aromatic carbocycles. The minimum absolute atomic E-state index is 0.0515. The van der Waals surface area contributed by atoms with Gasteiger partial charge in [0.1, 0.15) is 5.75 Å². The number of unbranched alkanes of at least 4 members (excludes halogenated alkanes) is 1. The predicted molar refractivity (Wildman–Crippen MR) is 116 cm³/mol. The number of hydrogen-bond donors (Lipinski definition) is 2. The van der Waals surface area contributed by atoms with Crippen molar-refractivity contribution in [3.63, 3.8) is 0 Å². The summed E-state index contributed by atoms with van der Waals surface area (Å²) < 4.78 is 5.63. The molecule has 0 aliphatic carbocycles. The SMILES string of the molecule is CCCCOc1cccc(C(=O)NC(=S)Nc2ccc(N(C)C(C)=O)cc2)c1. The highest BCUT2D eigenvalue weighted by molar-refractivity contribution is 7.80. The standard InChI is InChI=1S/C21H25N3O3S/c1-4-5-13-27-19-8-6-7-16(14-19)20(26)23-21(28)22-17-9-11-18(12-10-17)24(3)15(2)25/h6-12,14H,4-5,13H2,1-3H3,(H2,22,23,26,28). The predicted octanol–water partition coefficient (Wildman–Crippen LogP) is 3.98. The highest BCUT2D eigenvalue weighted by atomic mass is 32.1. The van der Waals surface area contributed by atoms with Crippen molar-refractivity contribution in [2.45, 2.75) is 26.7 Å². The fourth-order valence-electron chi connectivity index (χ4n) is 2.35. The van der Waals surface area contributed by atoms with Crippen LogP contribution in [0.4, 0.5) is 11.4 Å². The number of benzene rings is 2. The summed E-state index contributed by atoms with van der Waals surface area (Å²) in [5.74, 6) is 0.293. The monoisotopic (exact) mass is 399 g/mol. The van der Waals surface area contributed by atoms with Gasteiger partial charge in [-0.15, -0.1) is 0 Å². The zero-order valence-corrected chi connectivity index (χ0v) is 17.1. The van der Waals surface area contributed by atoms with Crippen LogP contribution in [0.1, 0.15) is 37.0 Å². The Labute approximate surface area is 170 Å². The number of nitrogens with one attached hydrogen (secondary N) is 2. The fourth-order valence-corrected chi connectivity index (χ4v) is 2.56. The number of amides is 2. The van der Waals surface area contributed by atoms with Gasteiger partial charge < -0.3 is 15.0 Å². The molecule has 0 saturated carbocycles. The second kappa shape index (κ2) is 10.4. The Balaban J connectivity index is 1.93. The molecule has 2 amide bonds. The number of rotatable bonds is 7. The third kappa shape index (κ3) is 6.35. The summed E-state index contributed by atoms with van der Waals surface area (Å²) in [4.78, 5) is 25.3. The van der Waals surface area contributed by atoms with Crippen LogP contribution in [0, 0.1) is 0 Å². The van der Waals surface area contributed by atoms with Gasteiger partial charge in [-0.1, -0.05) is 19.4 Å². The van der Waals surface area contributed by atoms with Crippen molar-refractivity contribution in [1.29, 1.82) is 0 Å². The zero-order chi connectivity index (χ0) is 20.5. The van der Waals surface area contributed by atoms with Crippen LogP contribution in [-0.2, 0) is 4.79 Å². The summed E-state index contributed by atoms with van der Waals surface area (Å²) in [5, 5.41) is 5.81. The van der Waals surface area contributed by atoms with Gasteiger partial charge in [-0.2, -0.15) is 0 Å². The van der Waals surface area contributed by atoms with E-state index in [1.54, 1.807) is 54.4 Å². The van der Waals surface area contributed by atoms with Crippen molar-refractivity contribution < 1.29 is 14.3 Å². The molecule has 0 aliphatic rings. The van der Waals surface area contributed by atoms with Crippen LogP contribution in [-0.4, -0.2) is 30.6 Å². The van der Waals surface area contributed by atoms with Gasteiger partial charge in [-0.3, -0.25) is 14.9 Å². The number of thiocarbonyl (C=S) groups is 1. The quantitative estimate of drug-likeness (QED) is 0.544. The van der Waals surface area contributed by atoms with Crippen molar-refractivity contribution in [3.8, 4) is 5.75 Å². The first-order valence-electron chi connectivity index (χ1n) is 9.10. The van der Waals surface area contributed by atoms with Crippen LogP contribution in [0.5, 0.6) is 5.75 Å². The maximum atomic E-state index is 12.4. The van der Waals surface area contributed by atoms with Crippen molar-refractivity contribution in [1.82, 2.24) is 5.32 Å². The Morgan fingerprint density at radius 1 is 1.14 bits per heavy atom.